The van der Waals surface area contributed by atoms with Crippen LogP contribution in [0.5, 0.6) is 17.2 Å². The zero-order valence-electron chi connectivity index (χ0n) is 18.4. The monoisotopic (exact) mass is 496 g/mol. The summed E-state index contributed by atoms with van der Waals surface area (Å²) in [4.78, 5) is 24.1. The van der Waals surface area contributed by atoms with E-state index in [-0.39, 0.29) is 12.3 Å². The standard InChI is InChI=1S/C21H22N2O5.C2HF3O2/c24-20(25)12-15-14-28-19-13-16(5-6-17(15)19)26-10-1-2-11-27-18-4-3-8-23-9-7-22-21(18)23;3-2(4,5)1(6)7/h3-9,13,15H,1-2,10-12,14H2,(H,24,25);(H,6,7). The van der Waals surface area contributed by atoms with Gasteiger partial charge in [0.1, 0.15) is 11.5 Å². The first-order valence-corrected chi connectivity index (χ1v) is 10.6. The first-order chi connectivity index (χ1) is 16.6. The molecular weight excluding hydrogens is 473 g/mol. The molecule has 1 atom stereocenters. The molecule has 0 aliphatic carbocycles. The number of nitrogens with zero attached hydrogens (tertiary/aromatic N) is 2. The molecule has 0 saturated carbocycles. The Labute approximate surface area is 197 Å². The minimum atomic E-state index is -5.08. The highest BCUT2D eigenvalue weighted by molar-refractivity contribution is 5.73. The molecule has 12 heteroatoms. The number of carboxylic acids is 2. The Morgan fingerprint density at radius 2 is 1.83 bits per heavy atom. The third-order valence-electron chi connectivity index (χ3n) is 4.98. The van der Waals surface area contributed by atoms with E-state index in [2.05, 4.69) is 4.98 Å². The van der Waals surface area contributed by atoms with Crippen molar-refractivity contribution < 1.29 is 47.2 Å². The summed E-state index contributed by atoms with van der Waals surface area (Å²) in [7, 11) is 0. The van der Waals surface area contributed by atoms with Crippen molar-refractivity contribution in [3.05, 3.63) is 54.5 Å². The second-order valence-electron chi connectivity index (χ2n) is 7.54. The first-order valence-electron chi connectivity index (χ1n) is 10.6. The fraction of sp³-hybridized carbons (Fsp3) is 0.348. The SMILES string of the molecule is O=C(O)C(F)(F)F.O=C(O)CC1COc2cc(OCCCCOc3cccn4ccnc34)ccc21. The lowest BCUT2D eigenvalue weighted by Crippen LogP contribution is -2.21. The van der Waals surface area contributed by atoms with E-state index in [9.17, 15) is 18.0 Å². The summed E-state index contributed by atoms with van der Waals surface area (Å²) in [6, 6.07) is 9.47. The smallest absolute Gasteiger partial charge is 0.490 e. The molecule has 9 nitrogen and oxygen atoms in total. The summed E-state index contributed by atoms with van der Waals surface area (Å²) in [6.07, 6.45) is 2.30. The van der Waals surface area contributed by atoms with Crippen LogP contribution in [0.2, 0.25) is 0 Å². The average molecular weight is 496 g/mol. The van der Waals surface area contributed by atoms with Crippen molar-refractivity contribution in [2.24, 2.45) is 0 Å². The number of hydrogen-bond donors (Lipinski definition) is 2. The summed E-state index contributed by atoms with van der Waals surface area (Å²) in [5.74, 6) is -1.42. The molecule has 1 aliphatic rings. The van der Waals surface area contributed by atoms with Gasteiger partial charge in [0.15, 0.2) is 11.4 Å². The van der Waals surface area contributed by atoms with Gasteiger partial charge in [0.25, 0.3) is 0 Å². The number of hydrogen-bond acceptors (Lipinski definition) is 6. The van der Waals surface area contributed by atoms with E-state index in [4.69, 9.17) is 29.2 Å². The second-order valence-corrected chi connectivity index (χ2v) is 7.54. The Balaban J connectivity index is 0.000000429. The predicted octanol–water partition coefficient (Wildman–Crippen LogP) is 4.16. The first kappa shape index (κ1) is 25.7. The zero-order chi connectivity index (χ0) is 25.4. The third kappa shape index (κ3) is 7.26. The van der Waals surface area contributed by atoms with Crippen LogP contribution in [0.4, 0.5) is 13.2 Å². The van der Waals surface area contributed by atoms with Gasteiger partial charge < -0.3 is 28.8 Å². The van der Waals surface area contributed by atoms with Crippen molar-refractivity contribution >= 4 is 17.6 Å². The molecule has 1 aliphatic heterocycles. The fourth-order valence-corrected chi connectivity index (χ4v) is 3.34. The van der Waals surface area contributed by atoms with Gasteiger partial charge in [-0.1, -0.05) is 6.07 Å². The highest BCUT2D eigenvalue weighted by atomic mass is 19.4. The van der Waals surface area contributed by atoms with Crippen molar-refractivity contribution in [3.63, 3.8) is 0 Å². The van der Waals surface area contributed by atoms with Crippen molar-refractivity contribution in [3.8, 4) is 17.2 Å². The molecule has 0 fully saturated rings. The zero-order valence-corrected chi connectivity index (χ0v) is 18.4. The number of rotatable bonds is 9. The summed E-state index contributed by atoms with van der Waals surface area (Å²) in [5, 5.41) is 16.1. The Morgan fingerprint density at radius 3 is 2.51 bits per heavy atom. The number of unbranched alkanes of at least 4 members (excludes halogenated alkanes) is 1. The van der Waals surface area contributed by atoms with Crippen LogP contribution in [0.1, 0.15) is 30.7 Å². The number of fused-ring (bicyclic) bond motifs is 2. The largest absolute Gasteiger partial charge is 0.493 e. The Kier molecular flexibility index (Phi) is 8.39. The van der Waals surface area contributed by atoms with Gasteiger partial charge in [-0.2, -0.15) is 13.2 Å². The van der Waals surface area contributed by atoms with Crippen molar-refractivity contribution in [2.45, 2.75) is 31.4 Å². The summed E-state index contributed by atoms with van der Waals surface area (Å²) in [5.41, 5.74) is 1.76. The number of benzene rings is 1. The van der Waals surface area contributed by atoms with E-state index >= 15 is 0 Å². The van der Waals surface area contributed by atoms with E-state index in [1.165, 1.54) is 0 Å². The van der Waals surface area contributed by atoms with Gasteiger partial charge in [0.2, 0.25) is 0 Å². The Hall–Kier alpha value is -3.96. The maximum absolute atomic E-state index is 10.9. The van der Waals surface area contributed by atoms with Crippen LogP contribution in [-0.2, 0) is 9.59 Å². The number of aromatic nitrogens is 2. The number of halogens is 3. The summed E-state index contributed by atoms with van der Waals surface area (Å²) < 4.78 is 50.9. The molecule has 0 amide bonds. The minimum absolute atomic E-state index is 0.0830. The number of ether oxygens (including phenoxy) is 3. The number of pyridine rings is 1. The molecule has 0 radical (unpaired) electrons. The van der Waals surface area contributed by atoms with Crippen LogP contribution < -0.4 is 14.2 Å². The maximum atomic E-state index is 10.9. The number of carboxylic acid groups (broad SMARTS) is 2. The third-order valence-corrected chi connectivity index (χ3v) is 4.98. The highest BCUT2D eigenvalue weighted by Crippen LogP contribution is 2.38. The fourth-order valence-electron chi connectivity index (χ4n) is 3.34. The molecule has 2 N–H and O–H groups in total. The molecular formula is C23H23F3N2O7. The molecule has 3 heterocycles. The van der Waals surface area contributed by atoms with Crippen molar-refractivity contribution in [1.29, 1.82) is 0 Å². The molecule has 35 heavy (non-hydrogen) atoms. The van der Waals surface area contributed by atoms with Crippen LogP contribution in [0.3, 0.4) is 0 Å². The van der Waals surface area contributed by atoms with E-state index in [0.717, 1.165) is 41.3 Å². The van der Waals surface area contributed by atoms with Crippen molar-refractivity contribution in [1.82, 2.24) is 9.38 Å². The van der Waals surface area contributed by atoms with E-state index in [1.807, 2.05) is 47.1 Å². The average Bonchev–Trinajstić information content (AvgIpc) is 3.43. The number of alkyl halides is 3. The van der Waals surface area contributed by atoms with Crippen LogP contribution in [0, 0.1) is 0 Å². The van der Waals surface area contributed by atoms with Gasteiger partial charge in [-0.3, -0.25) is 4.79 Å². The molecule has 1 aromatic carbocycles. The molecule has 0 saturated heterocycles. The summed E-state index contributed by atoms with van der Waals surface area (Å²) >= 11 is 0. The molecule has 0 bridgehead atoms. The molecule has 3 aromatic rings. The van der Waals surface area contributed by atoms with Gasteiger partial charge in [-0.15, -0.1) is 0 Å². The van der Waals surface area contributed by atoms with E-state index in [0.29, 0.717) is 19.8 Å². The Bertz CT molecular complexity index is 1160. The topological polar surface area (TPSA) is 120 Å². The number of imidazole rings is 1. The van der Waals surface area contributed by atoms with Gasteiger partial charge in [-0.05, 0) is 31.0 Å². The molecule has 188 valence electrons. The maximum Gasteiger partial charge on any atom is 0.490 e. The van der Waals surface area contributed by atoms with Crippen LogP contribution in [0.15, 0.2) is 48.9 Å². The second kappa shape index (κ2) is 11.4. The van der Waals surface area contributed by atoms with Gasteiger partial charge in [-0.25, -0.2) is 9.78 Å². The number of aliphatic carboxylic acids is 2. The molecule has 1 unspecified atom stereocenters. The lowest BCUT2D eigenvalue weighted by molar-refractivity contribution is -0.192. The van der Waals surface area contributed by atoms with E-state index in [1.54, 1.807) is 6.20 Å². The van der Waals surface area contributed by atoms with Crippen LogP contribution >= 0.6 is 0 Å². The van der Waals surface area contributed by atoms with Crippen LogP contribution in [-0.4, -0.2) is 57.5 Å². The van der Waals surface area contributed by atoms with Gasteiger partial charge >= 0.3 is 18.1 Å². The lowest BCUT2D eigenvalue weighted by Gasteiger charge is -2.10. The normalized spacial score (nSPS) is 14.4. The number of carbonyl (C=O) groups is 2. The minimum Gasteiger partial charge on any atom is -0.493 e. The predicted molar refractivity (Wildman–Crippen MR) is 116 cm³/mol. The quantitative estimate of drug-likeness (QED) is 0.424. The molecule has 0 spiro atoms. The van der Waals surface area contributed by atoms with Gasteiger partial charge in [0.05, 0.1) is 26.2 Å². The van der Waals surface area contributed by atoms with E-state index < -0.39 is 18.1 Å². The van der Waals surface area contributed by atoms with Gasteiger partial charge in [0, 0.05) is 36.1 Å². The summed E-state index contributed by atoms with van der Waals surface area (Å²) in [6.45, 7) is 1.58. The Morgan fingerprint density at radius 1 is 1.11 bits per heavy atom. The van der Waals surface area contributed by atoms with Crippen LogP contribution in [0.25, 0.3) is 5.65 Å². The molecule has 2 aromatic heterocycles. The highest BCUT2D eigenvalue weighted by Gasteiger charge is 2.38. The molecule has 4 rings (SSSR count). The lowest BCUT2D eigenvalue weighted by atomic mass is 9.98. The van der Waals surface area contributed by atoms with Crippen molar-refractivity contribution in [2.75, 3.05) is 19.8 Å².